The quantitative estimate of drug-likeness (QED) is 0.855. The lowest BCUT2D eigenvalue weighted by molar-refractivity contribution is 0.0605. The van der Waals surface area contributed by atoms with E-state index in [1.54, 1.807) is 18.3 Å². The van der Waals surface area contributed by atoms with E-state index in [9.17, 15) is 9.18 Å². The van der Waals surface area contributed by atoms with Crippen molar-refractivity contribution in [2.45, 2.75) is 32.2 Å². The molecule has 1 aliphatic rings. The van der Waals surface area contributed by atoms with Gasteiger partial charge in [0.25, 0.3) is 5.91 Å². The van der Waals surface area contributed by atoms with Crippen LogP contribution in [0.25, 0.3) is 0 Å². The highest BCUT2D eigenvalue weighted by Gasteiger charge is 2.29. The number of hydrogen-bond donors (Lipinski definition) is 0. The van der Waals surface area contributed by atoms with Crippen molar-refractivity contribution in [2.24, 2.45) is 0 Å². The second kappa shape index (κ2) is 6.22. The van der Waals surface area contributed by atoms with Gasteiger partial charge in [0.05, 0.1) is 17.9 Å². The average Bonchev–Trinajstić information content (AvgIpc) is 2.56. The van der Waals surface area contributed by atoms with E-state index in [4.69, 9.17) is 0 Å². The summed E-state index contributed by atoms with van der Waals surface area (Å²) in [7, 11) is 0. The maximum absolute atomic E-state index is 13.1. The zero-order valence-electron chi connectivity index (χ0n) is 12.5. The molecule has 2 heterocycles. The Hall–Kier alpha value is -2.30. The topological polar surface area (TPSA) is 46.1 Å². The molecule has 0 unspecified atom stereocenters. The van der Waals surface area contributed by atoms with Crippen molar-refractivity contribution < 1.29 is 9.18 Å². The molecule has 114 valence electrons. The van der Waals surface area contributed by atoms with E-state index in [-0.39, 0.29) is 17.8 Å². The van der Waals surface area contributed by atoms with Crippen LogP contribution in [0.5, 0.6) is 0 Å². The van der Waals surface area contributed by atoms with Crippen molar-refractivity contribution in [1.82, 2.24) is 14.9 Å². The molecule has 1 aromatic carbocycles. The summed E-state index contributed by atoms with van der Waals surface area (Å²) in [5, 5.41) is 0. The normalized spacial score (nSPS) is 18.3. The number of carbonyl (C=O) groups is 1. The van der Waals surface area contributed by atoms with E-state index in [2.05, 4.69) is 9.97 Å². The van der Waals surface area contributed by atoms with Crippen molar-refractivity contribution >= 4 is 5.91 Å². The second-order valence-electron chi connectivity index (χ2n) is 5.60. The smallest absolute Gasteiger partial charge is 0.274 e. The summed E-state index contributed by atoms with van der Waals surface area (Å²) in [6, 6.07) is 6.38. The van der Waals surface area contributed by atoms with Crippen LogP contribution in [-0.4, -0.2) is 27.3 Å². The third-order valence-electron chi connectivity index (χ3n) is 4.02. The Morgan fingerprint density at radius 3 is 2.64 bits per heavy atom. The van der Waals surface area contributed by atoms with Crippen LogP contribution in [0.3, 0.4) is 0 Å². The predicted octanol–water partition coefficient (Wildman–Crippen LogP) is 3.29. The van der Waals surface area contributed by atoms with E-state index >= 15 is 0 Å². The summed E-state index contributed by atoms with van der Waals surface area (Å²) in [5.41, 5.74) is 2.11. The molecule has 0 radical (unpaired) electrons. The summed E-state index contributed by atoms with van der Waals surface area (Å²) >= 11 is 0. The van der Waals surface area contributed by atoms with Crippen LogP contribution in [-0.2, 0) is 0 Å². The molecule has 3 rings (SSSR count). The van der Waals surface area contributed by atoms with Crippen LogP contribution in [0.15, 0.2) is 36.7 Å². The van der Waals surface area contributed by atoms with Gasteiger partial charge in [-0.3, -0.25) is 9.78 Å². The number of hydrogen-bond acceptors (Lipinski definition) is 3. The lowest BCUT2D eigenvalue weighted by Crippen LogP contribution is -2.39. The lowest BCUT2D eigenvalue weighted by atomic mass is 9.95. The van der Waals surface area contributed by atoms with Crippen LogP contribution in [0.1, 0.15) is 47.1 Å². The molecule has 5 heteroatoms. The number of halogens is 1. The van der Waals surface area contributed by atoms with Gasteiger partial charge in [0.2, 0.25) is 0 Å². The third-order valence-corrected chi connectivity index (χ3v) is 4.02. The van der Waals surface area contributed by atoms with Crippen molar-refractivity contribution in [3.05, 3.63) is 59.4 Å². The Morgan fingerprint density at radius 1 is 1.18 bits per heavy atom. The summed E-state index contributed by atoms with van der Waals surface area (Å²) in [6.45, 7) is 2.53. The van der Waals surface area contributed by atoms with Gasteiger partial charge in [0.15, 0.2) is 0 Å². The molecule has 1 amide bonds. The van der Waals surface area contributed by atoms with Gasteiger partial charge in [-0.2, -0.15) is 0 Å². The first kappa shape index (κ1) is 14.6. The van der Waals surface area contributed by atoms with Crippen LogP contribution < -0.4 is 0 Å². The average molecular weight is 299 g/mol. The van der Waals surface area contributed by atoms with Gasteiger partial charge < -0.3 is 4.90 Å². The molecule has 0 bridgehead atoms. The maximum atomic E-state index is 13.1. The molecule has 0 aliphatic carbocycles. The summed E-state index contributed by atoms with van der Waals surface area (Å²) in [6.07, 6.45) is 6.04. The first-order chi connectivity index (χ1) is 10.6. The molecule has 1 atom stereocenters. The van der Waals surface area contributed by atoms with Crippen molar-refractivity contribution in [1.29, 1.82) is 0 Å². The number of benzene rings is 1. The molecule has 1 saturated heterocycles. The fraction of sp³-hybridized carbons (Fsp3) is 0.353. The molecule has 4 nitrogen and oxygen atoms in total. The highest BCUT2D eigenvalue weighted by molar-refractivity contribution is 5.92. The SMILES string of the molecule is Cc1cnc(C(=O)N2CCCC[C@H]2c2ccc(F)cc2)cn1. The van der Waals surface area contributed by atoms with Crippen molar-refractivity contribution in [2.75, 3.05) is 6.54 Å². The minimum absolute atomic E-state index is 0.0232. The first-order valence-corrected chi connectivity index (χ1v) is 7.50. The van der Waals surface area contributed by atoms with Gasteiger partial charge in [0.1, 0.15) is 11.5 Å². The fourth-order valence-corrected chi connectivity index (χ4v) is 2.86. The molecule has 1 aliphatic heterocycles. The molecule has 0 spiro atoms. The molecule has 1 aromatic heterocycles. The number of rotatable bonds is 2. The van der Waals surface area contributed by atoms with E-state index in [1.165, 1.54) is 18.3 Å². The minimum Gasteiger partial charge on any atom is -0.330 e. The van der Waals surface area contributed by atoms with Gasteiger partial charge in [-0.05, 0) is 43.9 Å². The lowest BCUT2D eigenvalue weighted by Gasteiger charge is -2.35. The zero-order chi connectivity index (χ0) is 15.5. The molecular weight excluding hydrogens is 281 g/mol. The number of carbonyl (C=O) groups excluding carboxylic acids is 1. The van der Waals surface area contributed by atoms with Gasteiger partial charge in [0, 0.05) is 12.7 Å². The highest BCUT2D eigenvalue weighted by Crippen LogP contribution is 2.31. The Labute approximate surface area is 129 Å². The molecule has 22 heavy (non-hydrogen) atoms. The van der Waals surface area contributed by atoms with E-state index < -0.39 is 0 Å². The van der Waals surface area contributed by atoms with Gasteiger partial charge in [-0.1, -0.05) is 12.1 Å². The summed E-state index contributed by atoms with van der Waals surface area (Å²) in [4.78, 5) is 22.9. The van der Waals surface area contributed by atoms with E-state index in [0.29, 0.717) is 12.2 Å². The van der Waals surface area contributed by atoms with Crippen molar-refractivity contribution in [3.63, 3.8) is 0 Å². The molecule has 1 fully saturated rings. The largest absolute Gasteiger partial charge is 0.330 e. The summed E-state index contributed by atoms with van der Waals surface area (Å²) < 4.78 is 13.1. The Balaban J connectivity index is 1.87. The van der Waals surface area contributed by atoms with E-state index in [1.807, 2.05) is 11.8 Å². The van der Waals surface area contributed by atoms with E-state index in [0.717, 1.165) is 30.5 Å². The standard InChI is InChI=1S/C17H18FN3O/c1-12-10-20-15(11-19-12)17(22)21-9-3-2-4-16(21)13-5-7-14(18)8-6-13/h5-8,10-11,16H,2-4,9H2,1H3/t16-/m0/s1. The Morgan fingerprint density at radius 2 is 1.95 bits per heavy atom. The van der Waals surface area contributed by atoms with Crippen LogP contribution in [0.2, 0.25) is 0 Å². The molecule has 0 N–H and O–H groups in total. The third kappa shape index (κ3) is 2.98. The fourth-order valence-electron chi connectivity index (χ4n) is 2.86. The van der Waals surface area contributed by atoms with Crippen LogP contribution in [0.4, 0.5) is 4.39 Å². The molecule has 2 aromatic rings. The monoisotopic (exact) mass is 299 g/mol. The molecular formula is C17H18FN3O. The highest BCUT2D eigenvalue weighted by atomic mass is 19.1. The van der Waals surface area contributed by atoms with Crippen LogP contribution >= 0.6 is 0 Å². The van der Waals surface area contributed by atoms with Gasteiger partial charge >= 0.3 is 0 Å². The van der Waals surface area contributed by atoms with Gasteiger partial charge in [-0.15, -0.1) is 0 Å². The Kier molecular flexibility index (Phi) is 4.13. The second-order valence-corrected chi connectivity index (χ2v) is 5.60. The van der Waals surface area contributed by atoms with Gasteiger partial charge in [-0.25, -0.2) is 9.37 Å². The minimum atomic E-state index is -0.262. The van der Waals surface area contributed by atoms with Crippen molar-refractivity contribution in [3.8, 4) is 0 Å². The predicted molar refractivity (Wildman–Crippen MR) is 80.8 cm³/mol. The first-order valence-electron chi connectivity index (χ1n) is 7.50. The number of aryl methyl sites for hydroxylation is 1. The number of piperidine rings is 1. The summed E-state index contributed by atoms with van der Waals surface area (Å²) in [5.74, 6) is -0.372. The number of nitrogens with zero attached hydrogens (tertiary/aromatic N) is 3. The Bertz CT molecular complexity index is 655. The number of amides is 1. The molecule has 0 saturated carbocycles. The number of likely N-dealkylation sites (tertiary alicyclic amines) is 1. The van der Waals surface area contributed by atoms with Crippen LogP contribution in [0, 0.1) is 12.7 Å². The maximum Gasteiger partial charge on any atom is 0.274 e. The zero-order valence-corrected chi connectivity index (χ0v) is 12.5. The number of aromatic nitrogens is 2.